The number of aromatic nitrogens is 2. The van der Waals surface area contributed by atoms with Crippen LogP contribution in [0.1, 0.15) is 10.5 Å². The van der Waals surface area contributed by atoms with Gasteiger partial charge in [0.25, 0.3) is 5.91 Å². The number of hydrogen-bond donors (Lipinski definition) is 1. The second-order valence-electron chi connectivity index (χ2n) is 6.20. The summed E-state index contributed by atoms with van der Waals surface area (Å²) in [5, 5.41) is 7.45. The molecule has 0 saturated carbocycles. The van der Waals surface area contributed by atoms with Gasteiger partial charge in [-0.15, -0.1) is 0 Å². The summed E-state index contributed by atoms with van der Waals surface area (Å²) in [5.74, 6) is -1.17. The van der Waals surface area contributed by atoms with Crippen LogP contribution in [-0.4, -0.2) is 39.7 Å². The van der Waals surface area contributed by atoms with Gasteiger partial charge in [0.05, 0.1) is 23.1 Å². The number of nitrogens with one attached hydrogen (secondary N) is 1. The Hall–Kier alpha value is -2.90. The van der Waals surface area contributed by atoms with E-state index in [1.165, 1.54) is 21.7 Å². The quantitative estimate of drug-likeness (QED) is 0.707. The molecule has 9 heteroatoms. The largest absolute Gasteiger partial charge is 0.337 e. The summed E-state index contributed by atoms with van der Waals surface area (Å²) >= 11 is 12.0. The Bertz CT molecular complexity index is 1100. The van der Waals surface area contributed by atoms with Crippen molar-refractivity contribution in [3.05, 3.63) is 70.1 Å². The number of benzene rings is 2. The first-order chi connectivity index (χ1) is 13.4. The summed E-state index contributed by atoms with van der Waals surface area (Å²) < 4.78 is 15.1. The molecule has 0 bridgehead atoms. The highest BCUT2D eigenvalue weighted by atomic mass is 35.5. The maximum absolute atomic E-state index is 13.6. The molecule has 0 aliphatic carbocycles. The van der Waals surface area contributed by atoms with Gasteiger partial charge in [-0.1, -0.05) is 29.3 Å². The monoisotopic (exact) mass is 418 g/mol. The van der Waals surface area contributed by atoms with Gasteiger partial charge in [-0.2, -0.15) is 5.10 Å². The number of rotatable bonds is 3. The molecule has 0 atom stereocenters. The molecule has 0 unspecified atom stereocenters. The zero-order valence-corrected chi connectivity index (χ0v) is 15.8. The molecule has 142 valence electrons. The summed E-state index contributed by atoms with van der Waals surface area (Å²) in [5.41, 5.74) is 1.88. The van der Waals surface area contributed by atoms with E-state index in [2.05, 4.69) is 10.4 Å². The highest BCUT2D eigenvalue weighted by Gasteiger charge is 2.27. The molecule has 0 spiro atoms. The number of nitrogens with zero attached hydrogens (tertiary/aromatic N) is 3. The van der Waals surface area contributed by atoms with Crippen LogP contribution in [0.15, 0.2) is 48.5 Å². The third-order valence-corrected chi connectivity index (χ3v) is 4.81. The zero-order valence-electron chi connectivity index (χ0n) is 14.3. The van der Waals surface area contributed by atoms with E-state index >= 15 is 0 Å². The smallest absolute Gasteiger partial charge is 0.276 e. The van der Waals surface area contributed by atoms with Gasteiger partial charge in [-0.05, 0) is 42.5 Å². The van der Waals surface area contributed by atoms with Crippen molar-refractivity contribution in [2.75, 3.05) is 13.2 Å². The van der Waals surface area contributed by atoms with Crippen molar-refractivity contribution in [2.24, 2.45) is 0 Å². The topological polar surface area (TPSA) is 67.2 Å². The van der Waals surface area contributed by atoms with Gasteiger partial charge in [0, 0.05) is 10.6 Å². The molecule has 1 N–H and O–H groups in total. The third kappa shape index (κ3) is 3.46. The summed E-state index contributed by atoms with van der Waals surface area (Å²) in [6.45, 7) is 0.0972. The molecule has 1 saturated heterocycles. The van der Waals surface area contributed by atoms with Crippen molar-refractivity contribution >= 4 is 35.0 Å². The highest BCUT2D eigenvalue weighted by Crippen LogP contribution is 2.29. The molecule has 1 aliphatic rings. The molecule has 2 amide bonds. The SMILES string of the molecule is O=C1CN(C(=O)c2cc(-c3ccc(F)c(Cl)c3)n(-c3cccc(Cl)c3)n2)CN1. The molecule has 1 fully saturated rings. The van der Waals surface area contributed by atoms with E-state index in [1.807, 2.05) is 0 Å². The number of halogens is 3. The summed E-state index contributed by atoms with van der Waals surface area (Å²) in [7, 11) is 0. The van der Waals surface area contributed by atoms with Crippen LogP contribution in [0.25, 0.3) is 16.9 Å². The fraction of sp³-hybridized carbons (Fsp3) is 0.105. The van der Waals surface area contributed by atoms with E-state index in [4.69, 9.17) is 23.2 Å². The predicted molar refractivity (Wildman–Crippen MR) is 103 cm³/mol. The fourth-order valence-electron chi connectivity index (χ4n) is 2.93. The fourth-order valence-corrected chi connectivity index (χ4v) is 3.29. The standard InChI is InChI=1S/C19H13Cl2FN4O2/c20-12-2-1-3-13(7-12)26-17(11-4-5-15(22)14(21)6-11)8-16(24-26)19(28)25-9-18(27)23-10-25/h1-8H,9-10H2,(H,23,27). The second-order valence-corrected chi connectivity index (χ2v) is 7.04. The first kappa shape index (κ1) is 18.5. The minimum absolute atomic E-state index is 0.0272. The minimum Gasteiger partial charge on any atom is -0.337 e. The van der Waals surface area contributed by atoms with Gasteiger partial charge in [-0.25, -0.2) is 9.07 Å². The van der Waals surface area contributed by atoms with E-state index in [-0.39, 0.29) is 29.8 Å². The number of carbonyl (C=O) groups is 2. The minimum atomic E-state index is -0.544. The number of hydrogen-bond acceptors (Lipinski definition) is 3. The Morgan fingerprint density at radius 1 is 1.14 bits per heavy atom. The van der Waals surface area contributed by atoms with E-state index in [0.717, 1.165) is 0 Å². The van der Waals surface area contributed by atoms with Crippen LogP contribution in [-0.2, 0) is 4.79 Å². The first-order valence-corrected chi connectivity index (χ1v) is 9.05. The number of carbonyl (C=O) groups excluding carboxylic acids is 2. The molecule has 0 radical (unpaired) electrons. The van der Waals surface area contributed by atoms with Crippen LogP contribution >= 0.6 is 23.2 Å². The van der Waals surface area contributed by atoms with E-state index in [9.17, 15) is 14.0 Å². The second kappa shape index (κ2) is 7.26. The molecule has 28 heavy (non-hydrogen) atoms. The van der Waals surface area contributed by atoms with Crippen LogP contribution in [0.5, 0.6) is 0 Å². The first-order valence-electron chi connectivity index (χ1n) is 8.30. The third-order valence-electron chi connectivity index (χ3n) is 4.29. The maximum Gasteiger partial charge on any atom is 0.276 e. The molecule has 4 rings (SSSR count). The Kier molecular flexibility index (Phi) is 4.78. The Morgan fingerprint density at radius 2 is 1.96 bits per heavy atom. The van der Waals surface area contributed by atoms with Crippen molar-refractivity contribution in [2.45, 2.75) is 0 Å². The average molecular weight is 419 g/mol. The van der Waals surface area contributed by atoms with E-state index < -0.39 is 11.7 Å². The van der Waals surface area contributed by atoms with Crippen LogP contribution in [0.4, 0.5) is 4.39 Å². The van der Waals surface area contributed by atoms with Gasteiger partial charge in [-0.3, -0.25) is 9.59 Å². The molecule has 2 heterocycles. The lowest BCUT2D eigenvalue weighted by atomic mass is 10.1. The van der Waals surface area contributed by atoms with Crippen molar-refractivity contribution in [1.29, 1.82) is 0 Å². The molecular formula is C19H13Cl2FN4O2. The summed E-state index contributed by atoms with van der Waals surface area (Å²) in [4.78, 5) is 25.5. The van der Waals surface area contributed by atoms with Crippen LogP contribution in [0.3, 0.4) is 0 Å². The van der Waals surface area contributed by atoms with Gasteiger partial charge in [0.15, 0.2) is 5.69 Å². The lowest BCUT2D eigenvalue weighted by molar-refractivity contribution is -0.118. The highest BCUT2D eigenvalue weighted by molar-refractivity contribution is 6.31. The molecule has 1 aromatic heterocycles. The lowest BCUT2D eigenvalue weighted by Gasteiger charge is -2.10. The zero-order chi connectivity index (χ0) is 19.8. The summed E-state index contributed by atoms with van der Waals surface area (Å²) in [6, 6.07) is 12.8. The molecule has 1 aliphatic heterocycles. The van der Waals surface area contributed by atoms with Crippen molar-refractivity contribution in [3.8, 4) is 16.9 Å². The van der Waals surface area contributed by atoms with Gasteiger partial charge in [0.1, 0.15) is 12.4 Å². The molecule has 3 aromatic rings. The normalized spacial score (nSPS) is 13.7. The Labute approximate surface area is 169 Å². The predicted octanol–water partition coefficient (Wildman–Crippen LogP) is 3.51. The van der Waals surface area contributed by atoms with Gasteiger partial charge < -0.3 is 10.2 Å². The van der Waals surface area contributed by atoms with Crippen LogP contribution in [0, 0.1) is 5.82 Å². The maximum atomic E-state index is 13.6. The molecule has 6 nitrogen and oxygen atoms in total. The van der Waals surface area contributed by atoms with Gasteiger partial charge in [0.2, 0.25) is 5.91 Å². The average Bonchev–Trinajstić information content (AvgIpc) is 3.30. The van der Waals surface area contributed by atoms with Crippen molar-refractivity contribution in [1.82, 2.24) is 20.0 Å². The van der Waals surface area contributed by atoms with Gasteiger partial charge >= 0.3 is 0 Å². The van der Waals surface area contributed by atoms with Crippen molar-refractivity contribution in [3.63, 3.8) is 0 Å². The Balaban J connectivity index is 1.83. The van der Waals surface area contributed by atoms with E-state index in [0.29, 0.717) is 22.0 Å². The lowest BCUT2D eigenvalue weighted by Crippen LogP contribution is -2.30. The summed E-state index contributed by atoms with van der Waals surface area (Å²) in [6.07, 6.45) is 0. The molecular weight excluding hydrogens is 406 g/mol. The number of amides is 2. The van der Waals surface area contributed by atoms with Crippen LogP contribution in [0.2, 0.25) is 10.0 Å². The van der Waals surface area contributed by atoms with E-state index in [1.54, 1.807) is 36.4 Å². The van der Waals surface area contributed by atoms with Crippen molar-refractivity contribution < 1.29 is 14.0 Å². The Morgan fingerprint density at radius 3 is 2.64 bits per heavy atom. The van der Waals surface area contributed by atoms with Crippen LogP contribution < -0.4 is 5.32 Å². The molecule has 2 aromatic carbocycles.